The number of thioether (sulfide) groups is 1. The molecule has 2 rings (SSSR count). The van der Waals surface area contributed by atoms with Crippen molar-refractivity contribution in [1.82, 2.24) is 15.3 Å². The van der Waals surface area contributed by atoms with E-state index in [-0.39, 0.29) is 17.9 Å². The molecular weight excluding hydrogens is 298 g/mol. The van der Waals surface area contributed by atoms with Gasteiger partial charge in [0.25, 0.3) is 5.56 Å². The Morgan fingerprint density at radius 2 is 2.18 bits per heavy atom. The molecule has 0 aliphatic carbocycles. The second kappa shape index (κ2) is 7.79. The Morgan fingerprint density at radius 3 is 2.91 bits per heavy atom. The minimum atomic E-state index is -0.229. The van der Waals surface area contributed by atoms with E-state index in [0.29, 0.717) is 17.4 Å². The summed E-state index contributed by atoms with van der Waals surface area (Å²) in [5, 5.41) is 3.40. The van der Waals surface area contributed by atoms with Gasteiger partial charge in [0.15, 0.2) is 5.16 Å². The number of amides is 1. The first-order valence-corrected chi connectivity index (χ1v) is 8.10. The van der Waals surface area contributed by atoms with Crippen molar-refractivity contribution in [3.8, 4) is 0 Å². The maximum atomic E-state index is 12.0. The third-order valence-electron chi connectivity index (χ3n) is 2.97. The average Bonchev–Trinajstić information content (AvgIpc) is 2.45. The van der Waals surface area contributed by atoms with Crippen molar-refractivity contribution in [3.63, 3.8) is 0 Å². The van der Waals surface area contributed by atoms with E-state index in [1.807, 2.05) is 38.1 Å². The fourth-order valence-electron chi connectivity index (χ4n) is 2.03. The molecule has 116 valence electrons. The summed E-state index contributed by atoms with van der Waals surface area (Å²) >= 11 is 1.44. The highest BCUT2D eigenvalue weighted by atomic mass is 32.2. The molecule has 0 aliphatic heterocycles. The van der Waals surface area contributed by atoms with Crippen LogP contribution in [0, 0.1) is 6.92 Å². The monoisotopic (exact) mass is 317 g/mol. The summed E-state index contributed by atoms with van der Waals surface area (Å²) in [5.74, 6) is 0.665. The fourth-order valence-corrected chi connectivity index (χ4v) is 2.66. The van der Waals surface area contributed by atoms with Gasteiger partial charge in [-0.05, 0) is 18.2 Å². The topological polar surface area (TPSA) is 74.8 Å². The van der Waals surface area contributed by atoms with Crippen molar-refractivity contribution in [2.75, 3.05) is 5.75 Å². The van der Waals surface area contributed by atoms with Crippen molar-refractivity contribution in [1.29, 1.82) is 0 Å². The number of aromatic amines is 1. The molecule has 22 heavy (non-hydrogen) atoms. The van der Waals surface area contributed by atoms with Crippen molar-refractivity contribution >= 4 is 17.7 Å². The van der Waals surface area contributed by atoms with Crippen LogP contribution < -0.4 is 10.9 Å². The minimum Gasteiger partial charge on any atom is -0.352 e. The predicted octanol–water partition coefficient (Wildman–Crippen LogP) is 2.05. The summed E-state index contributed by atoms with van der Waals surface area (Å²) in [5.41, 5.74) is 2.47. The highest BCUT2D eigenvalue weighted by molar-refractivity contribution is 7.99. The lowest BCUT2D eigenvalue weighted by atomic mass is 10.1. The molecule has 2 aromatic rings. The van der Waals surface area contributed by atoms with Crippen LogP contribution in [0.25, 0.3) is 0 Å². The zero-order valence-electron chi connectivity index (χ0n) is 12.7. The van der Waals surface area contributed by atoms with Gasteiger partial charge in [-0.25, -0.2) is 4.98 Å². The van der Waals surface area contributed by atoms with Gasteiger partial charge in [0, 0.05) is 12.6 Å². The van der Waals surface area contributed by atoms with Crippen LogP contribution in [0.5, 0.6) is 0 Å². The molecule has 6 heteroatoms. The first-order valence-electron chi connectivity index (χ1n) is 7.12. The molecule has 0 saturated carbocycles. The van der Waals surface area contributed by atoms with Crippen LogP contribution in [-0.2, 0) is 17.8 Å². The molecular formula is C16H19N3O2S. The molecule has 1 aromatic heterocycles. The second-order valence-corrected chi connectivity index (χ2v) is 6.17. The predicted molar refractivity (Wildman–Crippen MR) is 88.0 cm³/mol. The third kappa shape index (κ3) is 5.04. The number of nitrogens with zero attached hydrogens (tertiary/aromatic N) is 1. The van der Waals surface area contributed by atoms with Gasteiger partial charge in [0.1, 0.15) is 0 Å². The minimum absolute atomic E-state index is 0.104. The zero-order chi connectivity index (χ0) is 15.9. The fraction of sp³-hybridized carbons (Fsp3) is 0.312. The van der Waals surface area contributed by atoms with Crippen LogP contribution in [0.3, 0.4) is 0 Å². The Bertz CT molecular complexity index is 713. The normalized spacial score (nSPS) is 10.5. The van der Waals surface area contributed by atoms with Crippen molar-refractivity contribution < 1.29 is 4.79 Å². The number of benzene rings is 1. The number of carbonyl (C=O) groups is 1. The highest BCUT2D eigenvalue weighted by Gasteiger charge is 2.07. The SMILES string of the molecule is CCSc1nc(CC(=O)NCc2cccc(C)c2)cc(=O)[nH]1. The smallest absolute Gasteiger partial charge is 0.251 e. The maximum Gasteiger partial charge on any atom is 0.251 e. The lowest BCUT2D eigenvalue weighted by Gasteiger charge is -2.06. The van der Waals surface area contributed by atoms with Crippen LogP contribution >= 0.6 is 11.8 Å². The zero-order valence-corrected chi connectivity index (χ0v) is 13.5. The summed E-state index contributed by atoms with van der Waals surface area (Å²) in [4.78, 5) is 30.5. The molecule has 5 nitrogen and oxygen atoms in total. The number of aromatic nitrogens is 2. The van der Waals surface area contributed by atoms with Crippen LogP contribution in [0.4, 0.5) is 0 Å². The second-order valence-electron chi connectivity index (χ2n) is 4.92. The number of carbonyl (C=O) groups excluding carboxylic acids is 1. The summed E-state index contributed by atoms with van der Waals surface area (Å²) in [6.07, 6.45) is 0.104. The first kappa shape index (κ1) is 16.3. The Kier molecular flexibility index (Phi) is 5.77. The molecule has 0 fully saturated rings. The van der Waals surface area contributed by atoms with E-state index in [9.17, 15) is 9.59 Å². The molecule has 0 unspecified atom stereocenters. The van der Waals surface area contributed by atoms with E-state index >= 15 is 0 Å². The number of H-pyrrole nitrogens is 1. The quantitative estimate of drug-likeness (QED) is 0.631. The standard InChI is InChI=1S/C16H19N3O2S/c1-3-22-16-18-13(9-15(21)19-16)8-14(20)17-10-12-6-4-5-11(2)7-12/h4-7,9H,3,8,10H2,1-2H3,(H,17,20)(H,18,19,21). The number of nitrogens with one attached hydrogen (secondary N) is 2. The van der Waals surface area contributed by atoms with E-state index < -0.39 is 0 Å². The third-order valence-corrected chi connectivity index (χ3v) is 3.72. The number of rotatable bonds is 6. The lowest BCUT2D eigenvalue weighted by molar-refractivity contribution is -0.120. The number of hydrogen-bond donors (Lipinski definition) is 2. The van der Waals surface area contributed by atoms with E-state index in [1.165, 1.54) is 17.8 Å². The number of aryl methyl sites for hydroxylation is 1. The van der Waals surface area contributed by atoms with Gasteiger partial charge >= 0.3 is 0 Å². The Hall–Kier alpha value is -2.08. The Labute approximate surface area is 133 Å². The van der Waals surface area contributed by atoms with Gasteiger partial charge in [-0.2, -0.15) is 0 Å². The molecule has 0 spiro atoms. The summed E-state index contributed by atoms with van der Waals surface area (Å²) < 4.78 is 0. The van der Waals surface area contributed by atoms with Gasteiger partial charge in [0.2, 0.25) is 5.91 Å². The summed E-state index contributed by atoms with van der Waals surface area (Å²) in [7, 11) is 0. The van der Waals surface area contributed by atoms with Gasteiger partial charge in [-0.15, -0.1) is 0 Å². The Morgan fingerprint density at radius 1 is 1.36 bits per heavy atom. The molecule has 2 N–H and O–H groups in total. The van der Waals surface area contributed by atoms with Crippen LogP contribution in [-0.4, -0.2) is 21.6 Å². The van der Waals surface area contributed by atoms with Gasteiger partial charge in [0.05, 0.1) is 12.1 Å². The molecule has 1 heterocycles. The van der Waals surface area contributed by atoms with E-state index in [4.69, 9.17) is 0 Å². The lowest BCUT2D eigenvalue weighted by Crippen LogP contribution is -2.25. The van der Waals surface area contributed by atoms with Gasteiger partial charge in [-0.3, -0.25) is 9.59 Å². The van der Waals surface area contributed by atoms with Gasteiger partial charge < -0.3 is 10.3 Å². The summed E-state index contributed by atoms with van der Waals surface area (Å²) in [6, 6.07) is 9.34. The largest absolute Gasteiger partial charge is 0.352 e. The molecule has 0 aliphatic rings. The van der Waals surface area contributed by atoms with Crippen LogP contribution in [0.15, 0.2) is 40.3 Å². The first-order chi connectivity index (χ1) is 10.6. The van der Waals surface area contributed by atoms with Crippen LogP contribution in [0.2, 0.25) is 0 Å². The molecule has 0 saturated heterocycles. The van der Waals surface area contributed by atoms with Crippen LogP contribution in [0.1, 0.15) is 23.7 Å². The Balaban J connectivity index is 1.95. The molecule has 1 amide bonds. The molecule has 0 radical (unpaired) electrons. The highest BCUT2D eigenvalue weighted by Crippen LogP contribution is 2.10. The summed E-state index contributed by atoms with van der Waals surface area (Å²) in [6.45, 7) is 4.46. The molecule has 0 atom stereocenters. The van der Waals surface area contributed by atoms with E-state index in [2.05, 4.69) is 15.3 Å². The van der Waals surface area contributed by atoms with E-state index in [1.54, 1.807) is 0 Å². The number of hydrogen-bond acceptors (Lipinski definition) is 4. The average molecular weight is 317 g/mol. The van der Waals surface area contributed by atoms with Crippen molar-refractivity contribution in [2.45, 2.75) is 32.0 Å². The molecule has 1 aromatic carbocycles. The van der Waals surface area contributed by atoms with Gasteiger partial charge in [-0.1, -0.05) is 48.5 Å². The van der Waals surface area contributed by atoms with Crippen molar-refractivity contribution in [2.24, 2.45) is 0 Å². The molecule has 0 bridgehead atoms. The maximum absolute atomic E-state index is 12.0. The van der Waals surface area contributed by atoms with Crippen molar-refractivity contribution in [3.05, 3.63) is 57.5 Å². The van der Waals surface area contributed by atoms with E-state index in [0.717, 1.165) is 16.9 Å².